The van der Waals surface area contributed by atoms with Crippen molar-refractivity contribution in [2.45, 2.75) is 31.5 Å². The van der Waals surface area contributed by atoms with E-state index in [1.807, 2.05) is 6.07 Å². The highest BCUT2D eigenvalue weighted by molar-refractivity contribution is 7.80. The van der Waals surface area contributed by atoms with E-state index in [1.54, 1.807) is 18.2 Å². The minimum absolute atomic E-state index is 0.148. The summed E-state index contributed by atoms with van der Waals surface area (Å²) in [5.41, 5.74) is 6.99. The number of hydroxylamine groups is 2. The summed E-state index contributed by atoms with van der Waals surface area (Å²) in [7, 11) is -4.81. The molecule has 2 saturated heterocycles. The molecular formula is C14H18N4O6S. The number of urea groups is 1. The molecule has 1 aromatic rings. The van der Waals surface area contributed by atoms with E-state index >= 15 is 0 Å². The molecule has 0 spiro atoms. The van der Waals surface area contributed by atoms with E-state index in [2.05, 4.69) is 9.60 Å². The van der Waals surface area contributed by atoms with Crippen molar-refractivity contribution < 1.29 is 26.8 Å². The van der Waals surface area contributed by atoms with Crippen LogP contribution in [-0.4, -0.2) is 53.5 Å². The van der Waals surface area contributed by atoms with Crippen LogP contribution < -0.4 is 11.1 Å². The standard InChI is InChI=1S/C14H18N4O6S/c15-7-9-2-1-3-10(6-9)16-13(19)12-5-4-11-8-17(12)14(20)18(11)24-25(21,22)23/h1-3,6,11-12H,4-5,7-8,15H2,(H,16,19)(H,21,22,23). The van der Waals surface area contributed by atoms with Crippen LogP contribution in [0.25, 0.3) is 0 Å². The van der Waals surface area contributed by atoms with Crippen molar-refractivity contribution >= 4 is 28.0 Å². The molecule has 2 bridgehead atoms. The first-order valence-corrected chi connectivity index (χ1v) is 9.01. The van der Waals surface area contributed by atoms with Gasteiger partial charge in [-0.25, -0.2) is 4.79 Å². The SMILES string of the molecule is NCc1cccc(NC(=O)C2CCC3CN2C(=O)N3OS(=O)(=O)O)c1. The third-order valence-corrected chi connectivity index (χ3v) is 4.58. The largest absolute Gasteiger partial charge is 0.418 e. The molecule has 2 fully saturated rings. The van der Waals surface area contributed by atoms with Gasteiger partial charge in [0.05, 0.1) is 6.04 Å². The van der Waals surface area contributed by atoms with Crippen LogP contribution >= 0.6 is 0 Å². The van der Waals surface area contributed by atoms with Gasteiger partial charge in [0.25, 0.3) is 0 Å². The Labute approximate surface area is 144 Å². The molecule has 3 amide bonds. The van der Waals surface area contributed by atoms with Crippen molar-refractivity contribution in [1.82, 2.24) is 9.96 Å². The number of rotatable bonds is 5. The quantitative estimate of drug-likeness (QED) is 0.623. The fourth-order valence-corrected chi connectivity index (χ4v) is 3.49. The van der Waals surface area contributed by atoms with E-state index in [0.29, 0.717) is 30.1 Å². The number of fused-ring (bicyclic) bond motifs is 2. The zero-order chi connectivity index (χ0) is 18.2. The first-order chi connectivity index (χ1) is 11.8. The minimum atomic E-state index is -4.81. The highest BCUT2D eigenvalue weighted by Gasteiger charge is 2.49. The molecule has 4 N–H and O–H groups in total. The number of anilines is 1. The molecule has 0 aromatic heterocycles. The predicted molar refractivity (Wildman–Crippen MR) is 86.3 cm³/mol. The van der Waals surface area contributed by atoms with E-state index in [0.717, 1.165) is 5.56 Å². The Morgan fingerprint density at radius 1 is 1.40 bits per heavy atom. The zero-order valence-electron chi connectivity index (χ0n) is 13.2. The second-order valence-electron chi connectivity index (χ2n) is 5.90. The van der Waals surface area contributed by atoms with Crippen molar-refractivity contribution in [2.75, 3.05) is 11.9 Å². The summed E-state index contributed by atoms with van der Waals surface area (Å²) in [5.74, 6) is -0.380. The third kappa shape index (κ3) is 3.74. The number of benzene rings is 1. The Morgan fingerprint density at radius 3 is 2.84 bits per heavy atom. The van der Waals surface area contributed by atoms with Gasteiger partial charge in [-0.3, -0.25) is 9.35 Å². The normalized spacial score (nSPS) is 23.0. The zero-order valence-corrected chi connectivity index (χ0v) is 14.0. The third-order valence-electron chi connectivity index (χ3n) is 4.23. The first kappa shape index (κ1) is 17.6. The molecule has 2 aliphatic heterocycles. The topological polar surface area (TPSA) is 142 Å². The molecule has 10 nitrogen and oxygen atoms in total. The maximum atomic E-state index is 12.5. The molecule has 11 heteroatoms. The molecule has 136 valence electrons. The van der Waals surface area contributed by atoms with Gasteiger partial charge in [-0.05, 0) is 30.5 Å². The molecular weight excluding hydrogens is 352 g/mol. The number of hydrogen-bond donors (Lipinski definition) is 3. The fraction of sp³-hybridized carbons (Fsp3) is 0.429. The lowest BCUT2D eigenvalue weighted by atomic mass is 10.00. The summed E-state index contributed by atoms with van der Waals surface area (Å²) in [6, 6.07) is 4.99. The van der Waals surface area contributed by atoms with Crippen molar-refractivity contribution in [1.29, 1.82) is 0 Å². The van der Waals surface area contributed by atoms with Gasteiger partial charge < -0.3 is 16.0 Å². The van der Waals surface area contributed by atoms with Gasteiger partial charge in [-0.2, -0.15) is 13.5 Å². The molecule has 3 rings (SSSR count). The molecule has 0 aliphatic carbocycles. The van der Waals surface area contributed by atoms with Gasteiger partial charge in [0.2, 0.25) is 5.91 Å². The smallest absolute Gasteiger partial charge is 0.326 e. The van der Waals surface area contributed by atoms with Crippen LogP contribution in [0, 0.1) is 0 Å². The molecule has 0 saturated carbocycles. The van der Waals surface area contributed by atoms with Gasteiger partial charge in [0.1, 0.15) is 6.04 Å². The van der Waals surface area contributed by atoms with E-state index < -0.39 is 28.5 Å². The average molecular weight is 370 g/mol. The van der Waals surface area contributed by atoms with Crippen LogP contribution in [-0.2, 0) is 26.0 Å². The summed E-state index contributed by atoms with van der Waals surface area (Å²) >= 11 is 0. The van der Waals surface area contributed by atoms with Crippen LogP contribution in [0.3, 0.4) is 0 Å². The number of carbonyl (C=O) groups excluding carboxylic acids is 2. The van der Waals surface area contributed by atoms with E-state index in [1.165, 1.54) is 4.90 Å². The lowest BCUT2D eigenvalue weighted by molar-refractivity contribution is -0.120. The highest BCUT2D eigenvalue weighted by Crippen LogP contribution is 2.31. The Kier molecular flexibility index (Phi) is 4.64. The molecule has 1 aromatic carbocycles. The maximum absolute atomic E-state index is 12.5. The lowest BCUT2D eigenvalue weighted by Crippen LogP contribution is -2.47. The second kappa shape index (κ2) is 6.59. The number of nitrogens with two attached hydrogens (primary N) is 1. The number of amides is 3. The minimum Gasteiger partial charge on any atom is -0.326 e. The van der Waals surface area contributed by atoms with E-state index in [-0.39, 0.29) is 12.5 Å². The van der Waals surface area contributed by atoms with Gasteiger partial charge in [0, 0.05) is 18.8 Å². The Hall–Kier alpha value is -2.21. The monoisotopic (exact) mass is 370 g/mol. The van der Waals surface area contributed by atoms with E-state index in [9.17, 15) is 18.0 Å². The molecule has 2 unspecified atom stereocenters. The summed E-state index contributed by atoms with van der Waals surface area (Å²) in [6.45, 7) is 0.483. The van der Waals surface area contributed by atoms with Crippen LogP contribution in [0.2, 0.25) is 0 Å². The van der Waals surface area contributed by atoms with Gasteiger partial charge in [-0.1, -0.05) is 12.1 Å². The van der Waals surface area contributed by atoms with E-state index in [4.69, 9.17) is 10.3 Å². The van der Waals surface area contributed by atoms with Crippen LogP contribution in [0.4, 0.5) is 10.5 Å². The van der Waals surface area contributed by atoms with Crippen LogP contribution in [0.5, 0.6) is 0 Å². The average Bonchev–Trinajstić information content (AvgIpc) is 2.78. The van der Waals surface area contributed by atoms with Gasteiger partial charge in [-0.15, -0.1) is 4.28 Å². The van der Waals surface area contributed by atoms with Crippen molar-refractivity contribution in [3.8, 4) is 0 Å². The first-order valence-electron chi connectivity index (χ1n) is 7.65. The van der Waals surface area contributed by atoms with Gasteiger partial charge >= 0.3 is 16.4 Å². The molecule has 25 heavy (non-hydrogen) atoms. The number of carbonyl (C=O) groups is 2. The summed E-state index contributed by atoms with van der Waals surface area (Å²) in [5, 5.41) is 3.35. The number of piperidine rings is 1. The van der Waals surface area contributed by atoms with Gasteiger partial charge in [0.15, 0.2) is 0 Å². The fourth-order valence-electron chi connectivity index (χ4n) is 3.11. The lowest BCUT2D eigenvalue weighted by Gasteiger charge is -2.29. The highest BCUT2D eigenvalue weighted by atomic mass is 32.3. The second-order valence-corrected chi connectivity index (χ2v) is 6.91. The Bertz CT molecular complexity index is 798. The summed E-state index contributed by atoms with van der Waals surface area (Å²) in [6.07, 6.45) is 0.725. The van der Waals surface area contributed by atoms with Crippen LogP contribution in [0.15, 0.2) is 24.3 Å². The Morgan fingerprint density at radius 2 is 2.16 bits per heavy atom. The van der Waals surface area contributed by atoms with Crippen molar-refractivity contribution in [3.05, 3.63) is 29.8 Å². The molecule has 2 aliphatic rings. The van der Waals surface area contributed by atoms with Crippen LogP contribution in [0.1, 0.15) is 18.4 Å². The predicted octanol–water partition coefficient (Wildman–Crippen LogP) is 0.0868. The maximum Gasteiger partial charge on any atom is 0.418 e. The summed E-state index contributed by atoms with van der Waals surface area (Å²) in [4.78, 5) is 26.1. The molecule has 2 atom stereocenters. The number of nitrogens with zero attached hydrogens (tertiary/aromatic N) is 2. The number of nitrogens with one attached hydrogen (secondary N) is 1. The van der Waals surface area contributed by atoms with Crippen molar-refractivity contribution in [3.63, 3.8) is 0 Å². The van der Waals surface area contributed by atoms with Crippen molar-refractivity contribution in [2.24, 2.45) is 5.73 Å². The molecule has 2 heterocycles. The summed E-state index contributed by atoms with van der Waals surface area (Å²) < 4.78 is 34.8. The molecule has 0 radical (unpaired) electrons. The Balaban J connectivity index is 1.72. The number of hydrogen-bond acceptors (Lipinski definition) is 6.